The van der Waals surface area contributed by atoms with Crippen LogP contribution < -0.4 is 21.7 Å². The monoisotopic (exact) mass is 741 g/mol. The molecule has 23 heteroatoms. The molecule has 0 atom stereocenters. The highest BCUT2D eigenvalue weighted by Gasteiger charge is 2.22. The molecule has 1 heterocycles. The molecule has 0 radical (unpaired) electrons. The van der Waals surface area contributed by atoms with Crippen LogP contribution in [-0.2, 0) is 40.5 Å². The molecule has 0 aliphatic rings. The number of anilines is 5. The summed E-state index contributed by atoms with van der Waals surface area (Å²) in [7, 11) is -19.6. The van der Waals surface area contributed by atoms with Gasteiger partial charge in [-0.1, -0.05) is 12.1 Å². The third-order valence-electron chi connectivity index (χ3n) is 6.50. The molecule has 0 bridgehead atoms. The molecule has 9 N–H and O–H groups in total. The van der Waals surface area contributed by atoms with Gasteiger partial charge in [0.1, 0.15) is 9.79 Å². The van der Waals surface area contributed by atoms with E-state index in [0.717, 1.165) is 12.1 Å². The number of rotatable bonds is 11. The molecule has 5 aromatic rings. The molecular weight excluding hydrogens is 719 g/mol. The van der Waals surface area contributed by atoms with Gasteiger partial charge in [0.15, 0.2) is 0 Å². The average molecular weight is 742 g/mol. The normalized spacial score (nSPS) is 12.7. The summed E-state index contributed by atoms with van der Waals surface area (Å²) in [4.78, 5) is 9.61. The van der Waals surface area contributed by atoms with Gasteiger partial charge in [-0.05, 0) is 59.3 Å². The van der Waals surface area contributed by atoms with Crippen molar-refractivity contribution in [1.82, 2.24) is 15.0 Å². The first-order valence-electron chi connectivity index (χ1n) is 13.0. The smallest absolute Gasteiger partial charge is 0.295 e. The van der Waals surface area contributed by atoms with Gasteiger partial charge in [0, 0.05) is 35.2 Å². The fourth-order valence-electron chi connectivity index (χ4n) is 4.51. The van der Waals surface area contributed by atoms with Crippen LogP contribution >= 0.6 is 0 Å². The highest BCUT2D eigenvalue weighted by molar-refractivity contribution is 7.87. The molecule has 5 rings (SSSR count). The number of nitrogens with zero attached hydrogens (tertiary/aromatic N) is 3. The van der Waals surface area contributed by atoms with Gasteiger partial charge in [-0.15, -0.1) is 0 Å². The standard InChI is InChI=1S/C25H23N7O12S4/c26-5-6-27-23-30-24(28-15-1-3-19-13(7-15)9-17(45(33,34)35)11-21(19)47(39,40)41)32-25(31-23)29-16-2-4-20-14(8-16)10-18(46(36,37)38)12-22(20)48(42,43)44/h1-4,7-12H,5-6,26H2,(H,33,34,35)(H,36,37,38)(H,39,40,41)(H,42,43,44)(H3,27,28,29,30,31,32). The van der Waals surface area contributed by atoms with Crippen LogP contribution in [0.25, 0.3) is 21.5 Å². The minimum Gasteiger partial charge on any atom is -0.353 e. The van der Waals surface area contributed by atoms with Crippen LogP contribution in [0, 0.1) is 0 Å². The van der Waals surface area contributed by atoms with Crippen LogP contribution in [0.5, 0.6) is 0 Å². The third-order valence-corrected chi connectivity index (χ3v) is 9.95. The van der Waals surface area contributed by atoms with Crippen molar-refractivity contribution in [2.45, 2.75) is 19.6 Å². The SMILES string of the molecule is NCCNc1nc(Nc2ccc3c(S(=O)(=O)O)cc(S(=O)(=O)O)cc3c2)nc(Nc2ccc3c(S(=O)(=O)O)cc(S(=O)(=O)O)cc3c2)n1. The molecule has 48 heavy (non-hydrogen) atoms. The molecule has 19 nitrogen and oxygen atoms in total. The Hall–Kier alpha value is -4.59. The van der Waals surface area contributed by atoms with Crippen molar-refractivity contribution in [2.24, 2.45) is 5.73 Å². The number of hydrogen-bond donors (Lipinski definition) is 8. The minimum absolute atomic E-state index is 0.00617. The Morgan fingerprint density at radius 2 is 0.938 bits per heavy atom. The van der Waals surface area contributed by atoms with Crippen LogP contribution in [-0.4, -0.2) is 79.9 Å². The van der Waals surface area contributed by atoms with Gasteiger partial charge in [-0.3, -0.25) is 18.2 Å². The number of nitrogens with one attached hydrogen (secondary N) is 3. The van der Waals surface area contributed by atoms with Crippen LogP contribution in [0.3, 0.4) is 0 Å². The summed E-state index contributed by atoms with van der Waals surface area (Å²) in [5.74, 6) is -0.225. The van der Waals surface area contributed by atoms with Crippen LogP contribution in [0.15, 0.2) is 80.2 Å². The molecule has 0 aliphatic carbocycles. The fourth-order valence-corrected chi connectivity index (χ4v) is 7.22. The van der Waals surface area contributed by atoms with E-state index in [1.165, 1.54) is 36.4 Å². The maximum Gasteiger partial charge on any atom is 0.295 e. The fraction of sp³-hybridized carbons (Fsp3) is 0.0800. The summed E-state index contributed by atoms with van der Waals surface area (Å²) in [6.07, 6.45) is 0. The highest BCUT2D eigenvalue weighted by Crippen LogP contribution is 2.32. The van der Waals surface area contributed by atoms with E-state index in [0.29, 0.717) is 12.1 Å². The quantitative estimate of drug-likeness (QED) is 0.0897. The minimum atomic E-state index is -4.91. The van der Waals surface area contributed by atoms with Gasteiger partial charge in [-0.25, -0.2) is 0 Å². The van der Waals surface area contributed by atoms with Crippen molar-refractivity contribution in [3.8, 4) is 0 Å². The zero-order chi connectivity index (χ0) is 35.2. The number of benzene rings is 4. The van der Waals surface area contributed by atoms with E-state index in [1.54, 1.807) is 0 Å². The van der Waals surface area contributed by atoms with Gasteiger partial charge in [0.25, 0.3) is 40.5 Å². The van der Waals surface area contributed by atoms with Gasteiger partial charge < -0.3 is 21.7 Å². The van der Waals surface area contributed by atoms with Crippen LogP contribution in [0.4, 0.5) is 29.2 Å². The van der Waals surface area contributed by atoms with Gasteiger partial charge in [-0.2, -0.15) is 48.6 Å². The molecule has 0 saturated carbocycles. The molecule has 0 unspecified atom stereocenters. The molecule has 0 amide bonds. The van der Waals surface area contributed by atoms with Crippen molar-refractivity contribution in [3.63, 3.8) is 0 Å². The summed E-state index contributed by atoms with van der Waals surface area (Å²) in [6, 6.07) is 11.1. The maximum absolute atomic E-state index is 11.9. The van der Waals surface area contributed by atoms with Crippen molar-refractivity contribution in [1.29, 1.82) is 0 Å². The number of fused-ring (bicyclic) bond motifs is 2. The summed E-state index contributed by atoms with van der Waals surface area (Å²) in [5, 5.41) is 8.39. The number of nitrogens with two attached hydrogens (primary N) is 1. The lowest BCUT2D eigenvalue weighted by molar-refractivity contribution is 0.477. The second kappa shape index (κ2) is 12.5. The Morgan fingerprint density at radius 1 is 0.542 bits per heavy atom. The van der Waals surface area contributed by atoms with E-state index in [9.17, 15) is 51.9 Å². The largest absolute Gasteiger partial charge is 0.353 e. The van der Waals surface area contributed by atoms with Gasteiger partial charge >= 0.3 is 0 Å². The lowest BCUT2D eigenvalue weighted by atomic mass is 10.1. The van der Waals surface area contributed by atoms with Crippen molar-refractivity contribution in [3.05, 3.63) is 60.7 Å². The number of aromatic nitrogens is 3. The summed E-state index contributed by atoms with van der Waals surface area (Å²) in [5.41, 5.74) is 5.96. The second-order valence-electron chi connectivity index (χ2n) is 9.89. The van der Waals surface area contributed by atoms with Gasteiger partial charge in [0.2, 0.25) is 17.8 Å². The van der Waals surface area contributed by atoms with Crippen LogP contribution in [0.2, 0.25) is 0 Å². The lowest BCUT2D eigenvalue weighted by Gasteiger charge is -2.13. The molecule has 0 fully saturated rings. The first-order valence-corrected chi connectivity index (χ1v) is 18.8. The average Bonchev–Trinajstić information content (AvgIpc) is 2.96. The van der Waals surface area contributed by atoms with E-state index < -0.39 is 60.1 Å². The lowest BCUT2D eigenvalue weighted by Crippen LogP contribution is -2.16. The van der Waals surface area contributed by atoms with E-state index >= 15 is 0 Å². The predicted molar refractivity (Wildman–Crippen MR) is 171 cm³/mol. The third kappa shape index (κ3) is 7.75. The molecule has 0 spiro atoms. The zero-order valence-corrected chi connectivity index (χ0v) is 27.1. The zero-order valence-electron chi connectivity index (χ0n) is 23.8. The predicted octanol–water partition coefficient (Wildman–Crippen LogP) is 2.02. The van der Waals surface area contributed by atoms with Crippen molar-refractivity contribution < 1.29 is 51.9 Å². The Kier molecular flexibility index (Phi) is 9.01. The number of hydrogen-bond acceptors (Lipinski definition) is 15. The second-order valence-corrected chi connectivity index (χ2v) is 15.5. The van der Waals surface area contributed by atoms with E-state index in [-0.39, 0.29) is 63.9 Å². The molecule has 1 aromatic heterocycles. The Labute approximate surface area is 272 Å². The summed E-state index contributed by atoms with van der Waals surface area (Å²) < 4.78 is 133. The summed E-state index contributed by atoms with van der Waals surface area (Å²) in [6.45, 7) is 0.410. The van der Waals surface area contributed by atoms with E-state index in [4.69, 9.17) is 5.73 Å². The topological polar surface area (TPSA) is 318 Å². The van der Waals surface area contributed by atoms with E-state index in [2.05, 4.69) is 30.9 Å². The van der Waals surface area contributed by atoms with Crippen LogP contribution in [0.1, 0.15) is 0 Å². The Balaban J connectivity index is 1.56. The first kappa shape index (κ1) is 34.7. The molecule has 4 aromatic carbocycles. The molecular formula is C25H23N7O12S4. The highest BCUT2D eigenvalue weighted by atomic mass is 32.2. The maximum atomic E-state index is 11.9. The Morgan fingerprint density at radius 3 is 1.29 bits per heavy atom. The van der Waals surface area contributed by atoms with Crippen molar-refractivity contribution in [2.75, 3.05) is 29.0 Å². The molecule has 0 aliphatic heterocycles. The summed E-state index contributed by atoms with van der Waals surface area (Å²) >= 11 is 0. The van der Waals surface area contributed by atoms with Gasteiger partial charge in [0.05, 0.1) is 9.79 Å². The molecule has 254 valence electrons. The first-order chi connectivity index (χ1) is 22.2. The van der Waals surface area contributed by atoms with E-state index in [1.807, 2.05) is 0 Å². The molecule has 0 saturated heterocycles. The Bertz CT molecular complexity index is 2390. The van der Waals surface area contributed by atoms with Crippen molar-refractivity contribution >= 4 is 91.2 Å².